The van der Waals surface area contributed by atoms with Gasteiger partial charge in [0.05, 0.1) is 41.2 Å². The first-order valence-corrected chi connectivity index (χ1v) is 13.0. The molecule has 0 amide bonds. The summed E-state index contributed by atoms with van der Waals surface area (Å²) in [5, 5.41) is 0. The zero-order chi connectivity index (χ0) is 27.2. The van der Waals surface area contributed by atoms with E-state index in [0.29, 0.717) is 24.7 Å². The molecule has 2 unspecified atom stereocenters. The van der Waals surface area contributed by atoms with Crippen molar-refractivity contribution in [1.82, 2.24) is 0 Å². The maximum Gasteiger partial charge on any atom is 0.126 e. The van der Waals surface area contributed by atoms with Gasteiger partial charge in [-0.1, -0.05) is 42.5 Å². The van der Waals surface area contributed by atoms with Crippen molar-refractivity contribution in [3.05, 3.63) is 113 Å². The first-order chi connectivity index (χ1) is 19.1. The molecule has 1 aliphatic rings. The fourth-order valence-corrected chi connectivity index (χ4v) is 5.18. The second kappa shape index (κ2) is 12.1. The lowest BCUT2D eigenvalue weighted by atomic mass is 9.80. The molecule has 2 atom stereocenters. The highest BCUT2D eigenvalue weighted by Gasteiger charge is 2.35. The molecule has 1 aliphatic heterocycles. The van der Waals surface area contributed by atoms with Crippen LogP contribution in [0.3, 0.4) is 0 Å². The molecule has 0 saturated heterocycles. The van der Waals surface area contributed by atoms with Crippen LogP contribution in [0.15, 0.2) is 84.9 Å². The predicted octanol–water partition coefficient (Wildman–Crippen LogP) is 6.75. The van der Waals surface area contributed by atoms with Gasteiger partial charge in [-0.05, 0) is 59.0 Å². The topological polar surface area (TPSA) is 55.4 Å². The first-order valence-electron chi connectivity index (χ1n) is 13.0. The van der Waals surface area contributed by atoms with Gasteiger partial charge < -0.3 is 28.4 Å². The summed E-state index contributed by atoms with van der Waals surface area (Å²) in [5.74, 6) is 3.59. The van der Waals surface area contributed by atoms with Gasteiger partial charge in [0.2, 0.25) is 0 Å². The minimum atomic E-state index is -0.311. The summed E-state index contributed by atoms with van der Waals surface area (Å²) in [6.07, 6.45) is 0.420. The minimum absolute atomic E-state index is 0.164. The number of methoxy groups -OCH3 is 4. The van der Waals surface area contributed by atoms with Crippen LogP contribution in [0.5, 0.6) is 28.7 Å². The fraction of sp³-hybridized carbons (Fsp3) is 0.273. The van der Waals surface area contributed by atoms with Crippen LogP contribution in [0.1, 0.15) is 39.8 Å². The molecule has 4 aromatic carbocycles. The third kappa shape index (κ3) is 5.81. The molecule has 0 N–H and O–H groups in total. The summed E-state index contributed by atoms with van der Waals surface area (Å²) in [4.78, 5) is 0. The lowest BCUT2D eigenvalue weighted by Gasteiger charge is -2.29. The Kier molecular flexibility index (Phi) is 8.23. The Morgan fingerprint density at radius 1 is 0.667 bits per heavy atom. The van der Waals surface area contributed by atoms with Crippen molar-refractivity contribution >= 4 is 0 Å². The highest BCUT2D eigenvalue weighted by atomic mass is 16.5. The minimum Gasteiger partial charge on any atom is -0.497 e. The molecule has 0 fully saturated rings. The lowest BCUT2D eigenvalue weighted by molar-refractivity contribution is 0.0486. The Morgan fingerprint density at radius 2 is 1.33 bits per heavy atom. The van der Waals surface area contributed by atoms with Crippen molar-refractivity contribution in [2.24, 2.45) is 0 Å². The Morgan fingerprint density at radius 3 is 1.97 bits per heavy atom. The third-order valence-electron chi connectivity index (χ3n) is 7.13. The van der Waals surface area contributed by atoms with E-state index in [1.54, 1.807) is 28.4 Å². The number of ether oxygens (including phenoxy) is 6. The highest BCUT2D eigenvalue weighted by molar-refractivity contribution is 5.55. The van der Waals surface area contributed by atoms with E-state index in [9.17, 15) is 0 Å². The zero-order valence-electron chi connectivity index (χ0n) is 22.8. The molecule has 0 aromatic heterocycles. The standard InChI is InChI=1S/C33H34O6/c1-34-27-17-25(18-28(19-27)35-2)33-32(31-24(14-15-38-33)16-29(36-3)20-30(31)37-4)23-10-12-26(13-11-23)39-21-22-8-6-5-7-9-22/h5-13,16-20,32-33H,14-15,21H2,1-4H3. The molecular formula is C33H34O6. The molecule has 39 heavy (non-hydrogen) atoms. The second-order valence-corrected chi connectivity index (χ2v) is 9.41. The van der Waals surface area contributed by atoms with Gasteiger partial charge in [0.15, 0.2) is 0 Å². The molecule has 0 saturated carbocycles. The summed E-state index contributed by atoms with van der Waals surface area (Å²) in [7, 11) is 6.68. The maximum atomic E-state index is 6.61. The summed E-state index contributed by atoms with van der Waals surface area (Å²) in [6.45, 7) is 1.05. The van der Waals surface area contributed by atoms with E-state index in [1.165, 1.54) is 0 Å². The average Bonchev–Trinajstić information content (AvgIpc) is 3.19. The van der Waals surface area contributed by atoms with Gasteiger partial charge in [0.1, 0.15) is 35.4 Å². The van der Waals surface area contributed by atoms with Gasteiger partial charge in [-0.3, -0.25) is 0 Å². The van der Waals surface area contributed by atoms with Crippen LogP contribution in [0.25, 0.3) is 0 Å². The summed E-state index contributed by atoms with van der Waals surface area (Å²) in [6, 6.07) is 28.3. The predicted molar refractivity (Wildman–Crippen MR) is 151 cm³/mol. The van der Waals surface area contributed by atoms with Crippen molar-refractivity contribution in [1.29, 1.82) is 0 Å². The summed E-state index contributed by atoms with van der Waals surface area (Å²) in [5.41, 5.74) is 5.39. The molecule has 0 spiro atoms. The quantitative estimate of drug-likeness (QED) is 0.241. The van der Waals surface area contributed by atoms with E-state index in [-0.39, 0.29) is 12.0 Å². The van der Waals surface area contributed by atoms with Gasteiger partial charge in [-0.25, -0.2) is 0 Å². The molecule has 6 nitrogen and oxygen atoms in total. The number of benzene rings is 4. The Labute approximate surface area is 230 Å². The second-order valence-electron chi connectivity index (χ2n) is 9.41. The Balaban J connectivity index is 1.58. The molecule has 6 heteroatoms. The first kappa shape index (κ1) is 26.4. The molecule has 0 aliphatic carbocycles. The monoisotopic (exact) mass is 526 g/mol. The zero-order valence-corrected chi connectivity index (χ0v) is 22.8. The van der Waals surface area contributed by atoms with Crippen LogP contribution in [0, 0.1) is 0 Å². The molecule has 0 bridgehead atoms. The average molecular weight is 527 g/mol. The normalized spacial score (nSPS) is 16.5. The third-order valence-corrected chi connectivity index (χ3v) is 7.13. The van der Waals surface area contributed by atoms with Gasteiger partial charge in [0, 0.05) is 23.6 Å². The van der Waals surface area contributed by atoms with Crippen LogP contribution in [0.2, 0.25) is 0 Å². The van der Waals surface area contributed by atoms with Crippen molar-refractivity contribution in [2.75, 3.05) is 35.0 Å². The van der Waals surface area contributed by atoms with Crippen LogP contribution in [-0.2, 0) is 17.8 Å². The van der Waals surface area contributed by atoms with E-state index < -0.39 is 0 Å². The van der Waals surface area contributed by atoms with E-state index in [1.807, 2.05) is 54.6 Å². The molecule has 5 rings (SSSR count). The van der Waals surface area contributed by atoms with Gasteiger partial charge in [0.25, 0.3) is 0 Å². The Bertz CT molecular complexity index is 1360. The molecule has 4 aromatic rings. The van der Waals surface area contributed by atoms with Gasteiger partial charge >= 0.3 is 0 Å². The maximum absolute atomic E-state index is 6.61. The van der Waals surface area contributed by atoms with Crippen LogP contribution < -0.4 is 23.7 Å². The van der Waals surface area contributed by atoms with Gasteiger partial charge in [-0.15, -0.1) is 0 Å². The van der Waals surface area contributed by atoms with E-state index in [0.717, 1.165) is 51.5 Å². The molecule has 0 radical (unpaired) electrons. The van der Waals surface area contributed by atoms with Crippen molar-refractivity contribution in [3.63, 3.8) is 0 Å². The molecule has 202 valence electrons. The summed E-state index contributed by atoms with van der Waals surface area (Å²) < 4.78 is 35.4. The van der Waals surface area contributed by atoms with E-state index >= 15 is 0 Å². The number of hydrogen-bond acceptors (Lipinski definition) is 6. The lowest BCUT2D eigenvalue weighted by Crippen LogP contribution is -2.16. The molecular weight excluding hydrogens is 492 g/mol. The fourth-order valence-electron chi connectivity index (χ4n) is 5.18. The van der Waals surface area contributed by atoms with Crippen LogP contribution in [-0.4, -0.2) is 35.0 Å². The number of fused-ring (bicyclic) bond motifs is 1. The van der Waals surface area contributed by atoms with Gasteiger partial charge in [-0.2, -0.15) is 0 Å². The molecule has 1 heterocycles. The van der Waals surface area contributed by atoms with E-state index in [2.05, 4.69) is 30.3 Å². The van der Waals surface area contributed by atoms with Crippen LogP contribution in [0.4, 0.5) is 0 Å². The number of hydrogen-bond donors (Lipinski definition) is 0. The smallest absolute Gasteiger partial charge is 0.126 e. The van der Waals surface area contributed by atoms with E-state index in [4.69, 9.17) is 28.4 Å². The SMILES string of the molecule is COc1cc(OC)cc(C2OCCc3cc(OC)cc(OC)c3C2c2ccc(OCc3ccccc3)cc2)c1. The van der Waals surface area contributed by atoms with Crippen LogP contribution >= 0.6 is 0 Å². The highest BCUT2D eigenvalue weighted by Crippen LogP contribution is 2.48. The number of rotatable bonds is 9. The summed E-state index contributed by atoms with van der Waals surface area (Å²) >= 11 is 0. The largest absolute Gasteiger partial charge is 0.497 e. The van der Waals surface area contributed by atoms with Crippen molar-refractivity contribution in [3.8, 4) is 28.7 Å². The van der Waals surface area contributed by atoms with Crippen molar-refractivity contribution < 1.29 is 28.4 Å². The van der Waals surface area contributed by atoms with Crippen molar-refractivity contribution in [2.45, 2.75) is 25.0 Å². The Hall–Kier alpha value is -4.16.